The summed E-state index contributed by atoms with van der Waals surface area (Å²) in [6.07, 6.45) is 17.4. The van der Waals surface area contributed by atoms with Crippen molar-refractivity contribution in [2.45, 2.75) is 69.6 Å². The largest absolute Gasteiger partial charge is 0.289 e. The lowest BCUT2D eigenvalue weighted by molar-refractivity contribution is 0.103. The van der Waals surface area contributed by atoms with Crippen LogP contribution in [0, 0.1) is 41.2 Å². The summed E-state index contributed by atoms with van der Waals surface area (Å²) in [5.41, 5.74) is 9.14. The Morgan fingerprint density at radius 2 is 1.20 bits per heavy atom. The van der Waals surface area contributed by atoms with E-state index < -0.39 is 0 Å². The van der Waals surface area contributed by atoms with Gasteiger partial charge in [0.1, 0.15) is 0 Å². The Morgan fingerprint density at radius 3 is 1.76 bits per heavy atom. The van der Waals surface area contributed by atoms with Gasteiger partial charge in [-0.2, -0.15) is 0 Å². The molecule has 2 saturated carbocycles. The maximum absolute atomic E-state index is 14.2. The van der Waals surface area contributed by atoms with Gasteiger partial charge in [0.2, 0.25) is 0 Å². The Kier molecular flexibility index (Phi) is 8.01. The standard InChI is InChI=1S/C50H32N4O2S3/c1-53-36(25-51)39-29-13-5-7-15-31(29)43(55)33(39)21-27-22-35-41(49(27)17-9-3-10-18-49)46-42(50(35)19-11-4-12-20-50)47-48(59-46)45-38(58-47)24-28(57-45)23-34-40(37(26-52)54-2)30-14-6-8-16-32(30)44(34)56/h5-8,13-16,21-24H,3-4,9-12,17-20H2/b33-21-,34-23+,39-36+,40-37-. The minimum atomic E-state index is -0.263. The molecule has 0 saturated heterocycles. The fourth-order valence-electron chi connectivity index (χ4n) is 11.2. The molecule has 5 aromatic rings. The number of nitriles is 2. The molecular weight excluding hydrogens is 785 g/mol. The zero-order chi connectivity index (χ0) is 40.2. The smallest absolute Gasteiger partial charge is 0.270 e. The summed E-state index contributed by atoms with van der Waals surface area (Å²) < 4.78 is 5.05. The summed E-state index contributed by atoms with van der Waals surface area (Å²) in [7, 11) is 0. The van der Waals surface area contributed by atoms with E-state index in [0.717, 1.165) is 61.8 Å². The number of hydrogen-bond donors (Lipinski definition) is 0. The molecule has 3 aromatic heterocycles. The van der Waals surface area contributed by atoms with E-state index in [9.17, 15) is 20.1 Å². The number of allylic oxidation sites excluding steroid dienone is 11. The average Bonchev–Trinajstić information content (AvgIpc) is 4.12. The van der Waals surface area contributed by atoms with Crippen molar-refractivity contribution >= 4 is 87.2 Å². The number of rotatable bonds is 2. The molecule has 0 amide bonds. The molecular formula is C50H32N4O2S3. The molecule has 0 bridgehead atoms. The van der Waals surface area contributed by atoms with Crippen LogP contribution in [0.2, 0.25) is 0 Å². The lowest BCUT2D eigenvalue weighted by Gasteiger charge is -2.38. The highest BCUT2D eigenvalue weighted by Crippen LogP contribution is 2.71. The van der Waals surface area contributed by atoms with Gasteiger partial charge in [-0.15, -0.1) is 34.0 Å². The normalized spacial score (nSPS) is 22.7. The molecule has 0 unspecified atom stereocenters. The Bertz CT molecular complexity index is 3170. The van der Waals surface area contributed by atoms with Crippen molar-refractivity contribution in [1.82, 2.24) is 0 Å². The Morgan fingerprint density at radius 1 is 0.661 bits per heavy atom. The van der Waals surface area contributed by atoms with E-state index in [1.807, 2.05) is 71.2 Å². The van der Waals surface area contributed by atoms with Crippen LogP contribution in [0.5, 0.6) is 0 Å². The first-order chi connectivity index (χ1) is 28.9. The molecule has 59 heavy (non-hydrogen) atoms. The highest BCUT2D eigenvalue weighted by Gasteiger charge is 2.56. The second-order valence-corrected chi connectivity index (χ2v) is 19.5. The van der Waals surface area contributed by atoms with E-state index >= 15 is 0 Å². The Hall–Kier alpha value is -6.20. The third-order valence-electron chi connectivity index (χ3n) is 13.6. The zero-order valence-corrected chi connectivity index (χ0v) is 34.3. The molecule has 0 atom stereocenters. The van der Waals surface area contributed by atoms with E-state index in [2.05, 4.69) is 34.0 Å². The fraction of sp³-hybridized carbons (Fsp3) is 0.240. The molecule has 0 aliphatic heterocycles. The summed E-state index contributed by atoms with van der Waals surface area (Å²) in [4.78, 5) is 37.4. The van der Waals surface area contributed by atoms with Crippen LogP contribution < -0.4 is 0 Å². The number of nitrogens with zero attached hydrogens (tertiary/aromatic N) is 4. The quantitative estimate of drug-likeness (QED) is 0.101. The predicted molar refractivity (Wildman–Crippen MR) is 236 cm³/mol. The van der Waals surface area contributed by atoms with Crippen molar-refractivity contribution in [1.29, 1.82) is 10.5 Å². The molecule has 3 heterocycles. The fourth-order valence-corrected chi connectivity index (χ4v) is 15.8. The SMILES string of the molecule is [C-]#[N+]/C(C#N)=C1\C(=C/c2cc3sc4c5c(sc4c3s2)C2=C(C=C(/C=C3\C(=O)c4ccccc4\C3=C(\C#N)[N+]#[C-])C23CCCCC3)C52CCCCC2)C(=O)c2ccccc21. The van der Waals surface area contributed by atoms with Gasteiger partial charge in [0.25, 0.3) is 11.4 Å². The van der Waals surface area contributed by atoms with Crippen LogP contribution >= 0.6 is 34.0 Å². The molecule has 6 aliphatic carbocycles. The van der Waals surface area contributed by atoms with Gasteiger partial charge in [-0.05, 0) is 77.3 Å². The number of ketones is 2. The lowest BCUT2D eigenvalue weighted by atomic mass is 9.66. The number of Topliss-reactive ketones (excluding diaryl/α,β-unsaturated/α-hetero) is 2. The van der Waals surface area contributed by atoms with Crippen molar-refractivity contribution in [2.24, 2.45) is 5.41 Å². The maximum atomic E-state index is 14.2. The van der Waals surface area contributed by atoms with E-state index in [1.165, 1.54) is 53.2 Å². The minimum absolute atomic E-state index is 0.0446. The number of carbonyl (C=O) groups is 2. The van der Waals surface area contributed by atoms with Crippen LogP contribution in [0.25, 0.3) is 51.3 Å². The number of hydrogen-bond acceptors (Lipinski definition) is 7. The van der Waals surface area contributed by atoms with Crippen LogP contribution in [-0.4, -0.2) is 11.6 Å². The van der Waals surface area contributed by atoms with Gasteiger partial charge in [-0.25, -0.2) is 20.2 Å². The van der Waals surface area contributed by atoms with Crippen LogP contribution in [-0.2, 0) is 5.41 Å². The third-order valence-corrected chi connectivity index (χ3v) is 17.5. The highest BCUT2D eigenvalue weighted by atomic mass is 32.1. The molecule has 9 heteroatoms. The number of carbonyl (C=O) groups excluding carboxylic acids is 2. The monoisotopic (exact) mass is 816 g/mol. The van der Waals surface area contributed by atoms with Gasteiger partial charge in [0.05, 0.1) is 39.4 Å². The number of fused-ring (bicyclic) bond motifs is 11. The molecule has 2 fully saturated rings. The van der Waals surface area contributed by atoms with Crippen molar-refractivity contribution < 1.29 is 9.59 Å². The first-order valence-electron chi connectivity index (χ1n) is 20.1. The molecule has 0 radical (unpaired) electrons. The van der Waals surface area contributed by atoms with Gasteiger partial charge >= 0.3 is 0 Å². The molecule has 2 spiro atoms. The second kappa shape index (κ2) is 13.2. The van der Waals surface area contributed by atoms with Crippen LogP contribution in [0.15, 0.2) is 100 Å². The topological polar surface area (TPSA) is 90.4 Å². The van der Waals surface area contributed by atoms with Crippen LogP contribution in [0.3, 0.4) is 0 Å². The Labute approximate surface area is 353 Å². The summed E-state index contributed by atoms with van der Waals surface area (Å²) in [5, 5.41) is 20.0. The van der Waals surface area contributed by atoms with Gasteiger partial charge < -0.3 is 0 Å². The zero-order valence-electron chi connectivity index (χ0n) is 31.8. The number of thiophene rings is 3. The first kappa shape index (κ1) is 35.9. The van der Waals surface area contributed by atoms with E-state index in [4.69, 9.17) is 13.1 Å². The van der Waals surface area contributed by atoms with Crippen molar-refractivity contribution in [3.05, 3.63) is 161 Å². The average molecular weight is 817 g/mol. The van der Waals surface area contributed by atoms with Crippen LogP contribution in [0.1, 0.15) is 111 Å². The Balaban J connectivity index is 1.08. The first-order valence-corrected chi connectivity index (χ1v) is 22.6. The molecule has 282 valence electrons. The van der Waals surface area contributed by atoms with E-state index in [1.54, 1.807) is 23.5 Å². The highest BCUT2D eigenvalue weighted by molar-refractivity contribution is 7.39. The third kappa shape index (κ3) is 4.79. The summed E-state index contributed by atoms with van der Waals surface area (Å²) >= 11 is 5.44. The number of benzene rings is 2. The molecule has 11 rings (SSSR count). The van der Waals surface area contributed by atoms with Gasteiger partial charge in [-0.3, -0.25) is 9.59 Å². The van der Waals surface area contributed by atoms with Crippen molar-refractivity contribution in [3.8, 4) is 12.1 Å². The summed E-state index contributed by atoms with van der Waals surface area (Å²) in [6.45, 7) is 15.6. The van der Waals surface area contributed by atoms with Crippen molar-refractivity contribution in [2.75, 3.05) is 0 Å². The summed E-state index contributed by atoms with van der Waals surface area (Å²) in [5.74, 6) is -0.283. The van der Waals surface area contributed by atoms with E-state index in [-0.39, 0.29) is 33.8 Å². The van der Waals surface area contributed by atoms with Crippen LogP contribution in [0.4, 0.5) is 0 Å². The minimum Gasteiger partial charge on any atom is -0.289 e. The van der Waals surface area contributed by atoms with Gasteiger partial charge in [0, 0.05) is 58.7 Å². The van der Waals surface area contributed by atoms with Gasteiger partial charge in [0.15, 0.2) is 11.6 Å². The molecule has 6 aliphatic rings. The molecule has 6 nitrogen and oxygen atoms in total. The lowest BCUT2D eigenvalue weighted by Crippen LogP contribution is -2.28. The summed E-state index contributed by atoms with van der Waals surface area (Å²) in [6, 6.07) is 20.9. The molecule has 0 N–H and O–H groups in total. The van der Waals surface area contributed by atoms with E-state index in [0.29, 0.717) is 44.5 Å². The predicted octanol–water partition coefficient (Wildman–Crippen LogP) is 13.4. The molecule has 2 aromatic carbocycles. The second-order valence-electron chi connectivity index (χ2n) is 16.3. The van der Waals surface area contributed by atoms with Crippen molar-refractivity contribution in [3.63, 3.8) is 0 Å². The maximum Gasteiger partial charge on any atom is 0.270 e. The van der Waals surface area contributed by atoms with Gasteiger partial charge in [-0.1, -0.05) is 93.1 Å².